The van der Waals surface area contributed by atoms with E-state index in [-0.39, 0.29) is 5.41 Å². The highest BCUT2D eigenvalue weighted by Crippen LogP contribution is 2.49. The fourth-order valence-corrected chi connectivity index (χ4v) is 2.79. The van der Waals surface area contributed by atoms with Crippen LogP contribution in [0.5, 0.6) is 0 Å². The van der Waals surface area contributed by atoms with Crippen LogP contribution in [0.25, 0.3) is 0 Å². The standard InChI is InChI=1S/C14H26N2O/c1-13(2)5-3-11(4-6-13)17-10-14(7-8-14)9-12(15)16/h11H,3-10H2,1-2H3,(H3,15,16). The highest BCUT2D eigenvalue weighted by atomic mass is 16.5. The Hall–Kier alpha value is -0.570. The molecule has 0 bridgehead atoms. The number of hydrogen-bond acceptors (Lipinski definition) is 2. The van der Waals surface area contributed by atoms with E-state index in [9.17, 15) is 0 Å². The maximum atomic E-state index is 7.39. The second kappa shape index (κ2) is 4.60. The molecule has 0 aromatic rings. The first kappa shape index (κ1) is 12.9. The molecule has 3 nitrogen and oxygen atoms in total. The minimum atomic E-state index is 0.235. The zero-order chi connectivity index (χ0) is 12.5. The summed E-state index contributed by atoms with van der Waals surface area (Å²) < 4.78 is 6.05. The summed E-state index contributed by atoms with van der Waals surface area (Å²) in [5.41, 5.74) is 6.24. The molecule has 0 heterocycles. The Balaban J connectivity index is 1.71. The van der Waals surface area contributed by atoms with E-state index >= 15 is 0 Å². The fourth-order valence-electron chi connectivity index (χ4n) is 2.79. The van der Waals surface area contributed by atoms with Gasteiger partial charge in [0.2, 0.25) is 0 Å². The average Bonchev–Trinajstić information content (AvgIpc) is 2.96. The Morgan fingerprint density at radius 3 is 2.29 bits per heavy atom. The zero-order valence-electron chi connectivity index (χ0n) is 11.2. The molecule has 0 amide bonds. The van der Waals surface area contributed by atoms with Crippen LogP contribution in [0.4, 0.5) is 0 Å². The van der Waals surface area contributed by atoms with Crippen molar-refractivity contribution in [1.29, 1.82) is 5.41 Å². The van der Waals surface area contributed by atoms with E-state index in [0.29, 0.717) is 17.4 Å². The average molecular weight is 238 g/mol. The molecule has 0 aromatic heterocycles. The van der Waals surface area contributed by atoms with E-state index in [1.807, 2.05) is 0 Å². The number of hydrogen-bond donors (Lipinski definition) is 2. The Kier molecular flexibility index (Phi) is 3.48. The molecule has 3 heteroatoms. The van der Waals surface area contributed by atoms with Crippen LogP contribution in [-0.4, -0.2) is 18.5 Å². The summed E-state index contributed by atoms with van der Waals surface area (Å²) >= 11 is 0. The zero-order valence-corrected chi connectivity index (χ0v) is 11.2. The molecule has 0 atom stereocenters. The topological polar surface area (TPSA) is 59.1 Å². The maximum Gasteiger partial charge on any atom is 0.0911 e. The Bertz CT molecular complexity index is 285. The summed E-state index contributed by atoms with van der Waals surface area (Å²) in [7, 11) is 0. The molecule has 0 unspecified atom stereocenters. The number of rotatable bonds is 5. The Morgan fingerprint density at radius 1 is 1.24 bits per heavy atom. The molecular weight excluding hydrogens is 212 g/mol. The number of ether oxygens (including phenoxy) is 1. The predicted octanol–water partition coefficient (Wildman–Crippen LogP) is 3.08. The van der Waals surface area contributed by atoms with Gasteiger partial charge in [0.15, 0.2) is 0 Å². The van der Waals surface area contributed by atoms with Crippen molar-refractivity contribution in [3.05, 3.63) is 0 Å². The molecule has 2 aliphatic carbocycles. The van der Waals surface area contributed by atoms with Gasteiger partial charge < -0.3 is 10.5 Å². The normalized spacial score (nSPS) is 26.7. The number of nitrogens with one attached hydrogen (secondary N) is 1. The largest absolute Gasteiger partial charge is 0.388 e. The summed E-state index contributed by atoms with van der Waals surface area (Å²) in [6.07, 6.45) is 8.49. The van der Waals surface area contributed by atoms with Gasteiger partial charge in [0.05, 0.1) is 18.5 Å². The van der Waals surface area contributed by atoms with Crippen molar-refractivity contribution in [1.82, 2.24) is 0 Å². The summed E-state index contributed by atoms with van der Waals surface area (Å²) in [5, 5.41) is 7.39. The van der Waals surface area contributed by atoms with Gasteiger partial charge in [-0.1, -0.05) is 13.8 Å². The molecule has 2 aliphatic rings. The van der Waals surface area contributed by atoms with E-state index in [1.54, 1.807) is 0 Å². The van der Waals surface area contributed by atoms with E-state index < -0.39 is 0 Å². The van der Waals surface area contributed by atoms with E-state index in [1.165, 1.54) is 38.5 Å². The molecule has 2 fully saturated rings. The summed E-state index contributed by atoms with van der Waals surface area (Å²) in [6, 6.07) is 0. The van der Waals surface area contributed by atoms with Gasteiger partial charge in [0.1, 0.15) is 0 Å². The first-order valence-corrected chi connectivity index (χ1v) is 6.85. The van der Waals surface area contributed by atoms with Crippen LogP contribution in [0.2, 0.25) is 0 Å². The Morgan fingerprint density at radius 2 is 1.82 bits per heavy atom. The SMILES string of the molecule is CC1(C)CCC(OCC2(CC(=N)N)CC2)CC1. The third-order valence-electron chi connectivity index (χ3n) is 4.43. The van der Waals surface area contributed by atoms with E-state index in [2.05, 4.69) is 13.8 Å². The van der Waals surface area contributed by atoms with Gasteiger partial charge in [-0.05, 0) is 43.9 Å². The second-order valence-electron chi connectivity index (χ2n) is 6.88. The first-order valence-electron chi connectivity index (χ1n) is 6.85. The smallest absolute Gasteiger partial charge is 0.0911 e. The monoisotopic (exact) mass is 238 g/mol. The lowest BCUT2D eigenvalue weighted by Crippen LogP contribution is -2.29. The van der Waals surface area contributed by atoms with Crippen molar-refractivity contribution < 1.29 is 4.74 Å². The lowest BCUT2D eigenvalue weighted by atomic mass is 9.76. The van der Waals surface area contributed by atoms with Crippen molar-refractivity contribution in [3.8, 4) is 0 Å². The van der Waals surface area contributed by atoms with Crippen LogP contribution in [0.1, 0.15) is 58.8 Å². The molecule has 2 saturated carbocycles. The van der Waals surface area contributed by atoms with Crippen molar-refractivity contribution >= 4 is 5.84 Å². The van der Waals surface area contributed by atoms with Crippen molar-refractivity contribution in [2.75, 3.05) is 6.61 Å². The van der Waals surface area contributed by atoms with Crippen LogP contribution in [0.15, 0.2) is 0 Å². The predicted molar refractivity (Wildman–Crippen MR) is 70.2 cm³/mol. The summed E-state index contributed by atoms with van der Waals surface area (Å²) in [4.78, 5) is 0. The first-order chi connectivity index (χ1) is 7.91. The molecule has 0 spiro atoms. The fraction of sp³-hybridized carbons (Fsp3) is 0.929. The van der Waals surface area contributed by atoms with Crippen molar-refractivity contribution in [2.45, 2.75) is 64.9 Å². The lowest BCUT2D eigenvalue weighted by Gasteiger charge is -2.34. The van der Waals surface area contributed by atoms with Crippen molar-refractivity contribution in [2.24, 2.45) is 16.6 Å². The summed E-state index contributed by atoms with van der Waals surface area (Å²) in [6.45, 7) is 5.51. The van der Waals surface area contributed by atoms with Crippen molar-refractivity contribution in [3.63, 3.8) is 0 Å². The van der Waals surface area contributed by atoms with Gasteiger partial charge in [-0.25, -0.2) is 0 Å². The van der Waals surface area contributed by atoms with Gasteiger partial charge in [0, 0.05) is 11.8 Å². The van der Waals surface area contributed by atoms with Crippen LogP contribution in [0, 0.1) is 16.2 Å². The van der Waals surface area contributed by atoms with Crippen LogP contribution < -0.4 is 5.73 Å². The molecule has 0 aromatic carbocycles. The van der Waals surface area contributed by atoms with Crippen LogP contribution in [-0.2, 0) is 4.74 Å². The van der Waals surface area contributed by atoms with E-state index in [4.69, 9.17) is 15.9 Å². The Labute approximate surface area is 105 Å². The number of amidine groups is 1. The van der Waals surface area contributed by atoms with Gasteiger partial charge in [-0.15, -0.1) is 0 Å². The molecule has 2 rings (SSSR count). The molecule has 98 valence electrons. The maximum absolute atomic E-state index is 7.39. The number of nitrogens with two attached hydrogens (primary N) is 1. The van der Waals surface area contributed by atoms with Crippen LogP contribution in [0.3, 0.4) is 0 Å². The van der Waals surface area contributed by atoms with Gasteiger partial charge in [0.25, 0.3) is 0 Å². The highest BCUT2D eigenvalue weighted by Gasteiger charge is 2.44. The third-order valence-corrected chi connectivity index (χ3v) is 4.43. The van der Waals surface area contributed by atoms with Gasteiger partial charge in [-0.3, -0.25) is 5.41 Å². The second-order valence-corrected chi connectivity index (χ2v) is 6.88. The minimum Gasteiger partial charge on any atom is -0.388 e. The molecule has 0 radical (unpaired) electrons. The molecule has 0 aliphatic heterocycles. The molecular formula is C14H26N2O. The molecule has 0 saturated heterocycles. The quantitative estimate of drug-likeness (QED) is 0.571. The molecule has 3 N–H and O–H groups in total. The summed E-state index contributed by atoms with van der Waals surface area (Å²) in [5.74, 6) is 0.316. The van der Waals surface area contributed by atoms with Gasteiger partial charge >= 0.3 is 0 Å². The van der Waals surface area contributed by atoms with E-state index in [0.717, 1.165) is 13.0 Å². The highest BCUT2D eigenvalue weighted by molar-refractivity contribution is 5.78. The minimum absolute atomic E-state index is 0.235. The lowest BCUT2D eigenvalue weighted by molar-refractivity contribution is -0.0161. The molecule has 17 heavy (non-hydrogen) atoms. The van der Waals surface area contributed by atoms with Crippen LogP contribution >= 0.6 is 0 Å². The third kappa shape index (κ3) is 3.70. The van der Waals surface area contributed by atoms with Gasteiger partial charge in [-0.2, -0.15) is 0 Å².